The van der Waals surface area contributed by atoms with Crippen molar-refractivity contribution in [2.75, 3.05) is 0 Å². The number of urea groups is 1. The van der Waals surface area contributed by atoms with Gasteiger partial charge in [0.25, 0.3) is 5.89 Å². The van der Waals surface area contributed by atoms with Crippen LogP contribution in [0.2, 0.25) is 0 Å². The maximum atomic E-state index is 13.8. The van der Waals surface area contributed by atoms with Crippen LogP contribution in [0.4, 0.5) is 13.6 Å². The zero-order valence-electron chi connectivity index (χ0n) is 19.8. The van der Waals surface area contributed by atoms with E-state index in [2.05, 4.69) is 22.4 Å². The molecule has 0 radical (unpaired) electrons. The third-order valence-corrected chi connectivity index (χ3v) is 6.31. The molecule has 0 spiro atoms. The van der Waals surface area contributed by atoms with Crippen LogP contribution in [-0.4, -0.2) is 21.1 Å². The Hall–Kier alpha value is -4.33. The molecule has 8 heteroatoms. The first-order valence-corrected chi connectivity index (χ1v) is 11.6. The van der Waals surface area contributed by atoms with Crippen LogP contribution in [0.25, 0.3) is 17.0 Å². The summed E-state index contributed by atoms with van der Waals surface area (Å²) in [5.41, 5.74) is 4.55. The fraction of sp³-hybridized carbons (Fsp3) is 0.179. The lowest BCUT2D eigenvalue weighted by Crippen LogP contribution is -2.45. The number of carbonyl (C=O) groups is 1. The number of halogens is 2. The van der Waals surface area contributed by atoms with E-state index in [0.29, 0.717) is 16.8 Å². The summed E-state index contributed by atoms with van der Waals surface area (Å²) in [5, 5.41) is 7.13. The Kier molecular flexibility index (Phi) is 6.33. The van der Waals surface area contributed by atoms with Crippen molar-refractivity contribution >= 4 is 11.6 Å². The van der Waals surface area contributed by atoms with Crippen LogP contribution >= 0.6 is 0 Å². The van der Waals surface area contributed by atoms with Crippen LogP contribution in [0.5, 0.6) is 0 Å². The van der Waals surface area contributed by atoms with Gasteiger partial charge in [-0.3, -0.25) is 4.90 Å². The van der Waals surface area contributed by atoms with Crippen LogP contribution in [0, 0.1) is 11.6 Å². The Morgan fingerprint density at radius 1 is 0.972 bits per heavy atom. The average Bonchev–Trinajstić information content (AvgIpc) is 3.37. The molecule has 36 heavy (non-hydrogen) atoms. The molecule has 0 aliphatic carbocycles. The minimum atomic E-state index is -0.534. The van der Waals surface area contributed by atoms with E-state index in [1.807, 2.05) is 31.2 Å². The molecule has 5 rings (SSSR count). The first-order valence-electron chi connectivity index (χ1n) is 11.6. The number of amides is 2. The van der Waals surface area contributed by atoms with Gasteiger partial charge in [0.15, 0.2) is 0 Å². The number of benzene rings is 3. The molecule has 1 atom stereocenters. The predicted molar refractivity (Wildman–Crippen MR) is 131 cm³/mol. The van der Waals surface area contributed by atoms with Crippen LogP contribution in [0.3, 0.4) is 0 Å². The first kappa shape index (κ1) is 23.4. The zero-order valence-corrected chi connectivity index (χ0v) is 19.8. The van der Waals surface area contributed by atoms with E-state index in [-0.39, 0.29) is 30.1 Å². The average molecular weight is 487 g/mol. The van der Waals surface area contributed by atoms with Gasteiger partial charge in [-0.1, -0.05) is 60.6 Å². The second-order valence-corrected chi connectivity index (χ2v) is 8.62. The van der Waals surface area contributed by atoms with Crippen molar-refractivity contribution in [1.82, 2.24) is 20.4 Å². The van der Waals surface area contributed by atoms with Crippen LogP contribution in [-0.2, 0) is 13.0 Å². The van der Waals surface area contributed by atoms with E-state index in [1.54, 1.807) is 29.2 Å². The van der Waals surface area contributed by atoms with Crippen molar-refractivity contribution in [3.05, 3.63) is 113 Å². The van der Waals surface area contributed by atoms with Gasteiger partial charge in [0.05, 0.1) is 18.2 Å². The topological polar surface area (TPSA) is 71.3 Å². The van der Waals surface area contributed by atoms with E-state index in [9.17, 15) is 13.6 Å². The number of allylic oxidation sites excluding steroid dienone is 1. The molecule has 4 aromatic rings. The van der Waals surface area contributed by atoms with E-state index in [1.165, 1.54) is 29.8 Å². The lowest BCUT2D eigenvalue weighted by atomic mass is 9.93. The van der Waals surface area contributed by atoms with Crippen molar-refractivity contribution in [1.29, 1.82) is 0 Å². The Morgan fingerprint density at radius 2 is 1.69 bits per heavy atom. The highest BCUT2D eigenvalue weighted by molar-refractivity contribution is 5.86. The molecular weight excluding hydrogens is 462 g/mol. The molecule has 0 saturated heterocycles. The van der Waals surface area contributed by atoms with Gasteiger partial charge >= 0.3 is 6.03 Å². The van der Waals surface area contributed by atoms with Crippen molar-refractivity contribution in [3.63, 3.8) is 0 Å². The minimum absolute atomic E-state index is 0.223. The number of hydrogen-bond acceptors (Lipinski definition) is 4. The van der Waals surface area contributed by atoms with Gasteiger partial charge in [-0.15, -0.1) is 0 Å². The lowest BCUT2D eigenvalue weighted by Gasteiger charge is -2.35. The summed E-state index contributed by atoms with van der Waals surface area (Å²) < 4.78 is 32.8. The van der Waals surface area contributed by atoms with Crippen molar-refractivity contribution in [2.24, 2.45) is 0 Å². The van der Waals surface area contributed by atoms with Crippen LogP contribution in [0.1, 0.15) is 42.5 Å². The highest BCUT2D eigenvalue weighted by atomic mass is 19.1. The molecule has 1 N–H and O–H groups in total. The molecular formula is C28H24F2N4O2. The second kappa shape index (κ2) is 9.73. The summed E-state index contributed by atoms with van der Waals surface area (Å²) in [4.78, 5) is 19.3. The van der Waals surface area contributed by atoms with Gasteiger partial charge in [0.1, 0.15) is 11.6 Å². The summed E-state index contributed by atoms with van der Waals surface area (Å²) in [7, 11) is 0. The van der Waals surface area contributed by atoms with E-state index < -0.39 is 11.9 Å². The highest BCUT2D eigenvalue weighted by Crippen LogP contribution is 2.38. The maximum absolute atomic E-state index is 13.8. The summed E-state index contributed by atoms with van der Waals surface area (Å²) in [6.07, 6.45) is 0.894. The molecule has 3 aromatic carbocycles. The number of rotatable bonds is 6. The number of nitrogens with zero attached hydrogens (tertiary/aromatic N) is 3. The van der Waals surface area contributed by atoms with Crippen LogP contribution in [0.15, 0.2) is 83.0 Å². The van der Waals surface area contributed by atoms with Gasteiger partial charge in [-0.05, 0) is 54.3 Å². The normalized spacial score (nSPS) is 15.8. The first-order chi connectivity index (χ1) is 17.4. The van der Waals surface area contributed by atoms with E-state index in [4.69, 9.17) is 4.52 Å². The summed E-state index contributed by atoms with van der Waals surface area (Å²) >= 11 is 0. The molecule has 2 heterocycles. The highest BCUT2D eigenvalue weighted by Gasteiger charge is 2.35. The van der Waals surface area contributed by atoms with Gasteiger partial charge in [0.2, 0.25) is 5.82 Å². The number of aryl methyl sites for hydroxylation is 1. The van der Waals surface area contributed by atoms with Gasteiger partial charge < -0.3 is 9.84 Å². The number of carbonyl (C=O) groups excluding carboxylic acids is 1. The third kappa shape index (κ3) is 4.62. The molecule has 0 saturated carbocycles. The molecule has 6 nitrogen and oxygen atoms in total. The third-order valence-electron chi connectivity index (χ3n) is 6.31. The van der Waals surface area contributed by atoms with Crippen molar-refractivity contribution in [3.8, 4) is 11.4 Å². The Morgan fingerprint density at radius 3 is 2.39 bits per heavy atom. The van der Waals surface area contributed by atoms with E-state index in [0.717, 1.165) is 17.5 Å². The number of aromatic nitrogens is 2. The smallest absolute Gasteiger partial charge is 0.322 e. The Labute approximate surface area is 207 Å². The Bertz CT molecular complexity index is 1430. The molecule has 182 valence electrons. The Balaban J connectivity index is 1.59. The second-order valence-electron chi connectivity index (χ2n) is 8.62. The van der Waals surface area contributed by atoms with E-state index >= 15 is 0 Å². The maximum Gasteiger partial charge on any atom is 0.322 e. The minimum Gasteiger partial charge on any atom is -0.334 e. The summed E-state index contributed by atoms with van der Waals surface area (Å²) in [5.74, 6) is -0.285. The SMILES string of the molecule is CCc1ccc(C2NC(=O)N(Cc3ccc(F)cc3)C(C)=C2c2nc(-c3cccc(F)c3)no2)cc1. The standard InChI is InChI=1S/C28H24F2N4O2/c1-3-18-7-11-20(12-8-18)25-24(27-32-26(33-36-27)21-5-4-6-23(30)15-21)17(2)34(28(35)31-25)16-19-9-13-22(29)14-10-19/h4-15,25H,3,16H2,1-2H3,(H,31,35). The van der Waals surface area contributed by atoms with Gasteiger partial charge in [0, 0.05) is 11.3 Å². The molecule has 1 unspecified atom stereocenters. The molecule has 0 fully saturated rings. The van der Waals surface area contributed by atoms with Crippen LogP contribution < -0.4 is 5.32 Å². The largest absolute Gasteiger partial charge is 0.334 e. The van der Waals surface area contributed by atoms with Crippen molar-refractivity contribution < 1.29 is 18.1 Å². The molecule has 1 aliphatic heterocycles. The summed E-state index contributed by atoms with van der Waals surface area (Å²) in [6, 6.07) is 19.1. The van der Waals surface area contributed by atoms with Gasteiger partial charge in [-0.2, -0.15) is 4.98 Å². The quantitative estimate of drug-likeness (QED) is 0.348. The van der Waals surface area contributed by atoms with Crippen molar-refractivity contribution in [2.45, 2.75) is 32.9 Å². The predicted octanol–water partition coefficient (Wildman–Crippen LogP) is 6.27. The monoisotopic (exact) mass is 486 g/mol. The summed E-state index contributed by atoms with van der Waals surface area (Å²) in [6.45, 7) is 4.12. The molecule has 1 aromatic heterocycles. The van der Waals surface area contributed by atoms with Gasteiger partial charge in [-0.25, -0.2) is 13.6 Å². The molecule has 0 bridgehead atoms. The zero-order chi connectivity index (χ0) is 25.2. The number of hydrogen-bond donors (Lipinski definition) is 1. The molecule has 1 aliphatic rings. The number of nitrogens with one attached hydrogen (secondary N) is 1. The lowest BCUT2D eigenvalue weighted by molar-refractivity contribution is 0.203. The fourth-order valence-corrected chi connectivity index (χ4v) is 4.29. The fourth-order valence-electron chi connectivity index (χ4n) is 4.29. The molecule has 2 amide bonds.